The molecule has 3 heterocycles. The number of amides is 2. The third-order valence-corrected chi connectivity index (χ3v) is 10.0. The zero-order valence-electron chi connectivity index (χ0n) is 34.1. The number of thioether (sulfide) groups is 1. The van der Waals surface area contributed by atoms with Crippen LogP contribution in [0.3, 0.4) is 0 Å². The van der Waals surface area contributed by atoms with E-state index in [1.807, 2.05) is 5.32 Å². The highest BCUT2D eigenvalue weighted by Crippen LogP contribution is 2.33. The number of rotatable bonds is 12. The third kappa shape index (κ3) is 20.4. The first kappa shape index (κ1) is 54.1. The quantitative estimate of drug-likeness (QED) is 0.0292. The van der Waals surface area contributed by atoms with Crippen LogP contribution in [-0.4, -0.2) is 104 Å². The summed E-state index contributed by atoms with van der Waals surface area (Å²) in [6, 6.07) is 7.12. The van der Waals surface area contributed by atoms with Crippen LogP contribution in [0.5, 0.6) is 0 Å². The van der Waals surface area contributed by atoms with Crippen LogP contribution in [0.15, 0.2) is 68.4 Å². The number of aromatic carboxylic acids is 1. The highest BCUT2D eigenvalue weighted by Gasteiger charge is 2.16. The first-order chi connectivity index (χ1) is 29.5. The number of aliphatic carboxylic acids is 1. The molecule has 1 atom stereocenters. The Morgan fingerprint density at radius 2 is 1.68 bits per heavy atom. The smallest absolute Gasteiger partial charge is 0.339 e. The van der Waals surface area contributed by atoms with E-state index in [0.29, 0.717) is 39.7 Å². The van der Waals surface area contributed by atoms with Gasteiger partial charge in [-0.2, -0.15) is 5.10 Å². The van der Waals surface area contributed by atoms with E-state index < -0.39 is 61.8 Å². The molecule has 344 valence electrons. The number of anilines is 1. The molecule has 0 radical (unpaired) electrons. The minimum atomic E-state index is -4.35. The van der Waals surface area contributed by atoms with Gasteiger partial charge in [0.05, 0.1) is 60.8 Å². The van der Waals surface area contributed by atoms with E-state index in [0.717, 1.165) is 54.1 Å². The number of nitrogens with zero attached hydrogens (tertiary/aromatic N) is 5. The molecule has 6 N–H and O–H groups in total. The zero-order valence-corrected chi connectivity index (χ0v) is 38.2. The Hall–Kier alpha value is -5.01. The molecule has 2 aromatic carbocycles. The van der Waals surface area contributed by atoms with Crippen molar-refractivity contribution >= 4 is 94.2 Å². The molecule has 1 aliphatic heterocycles. The lowest BCUT2D eigenvalue weighted by atomic mass is 10.1. The number of halogens is 4. The van der Waals surface area contributed by atoms with Gasteiger partial charge < -0.3 is 34.6 Å². The van der Waals surface area contributed by atoms with Crippen LogP contribution in [0.1, 0.15) is 35.8 Å². The molecule has 2 aromatic heterocycles. The highest BCUT2D eigenvalue weighted by atomic mass is 35.5. The van der Waals surface area contributed by atoms with E-state index in [9.17, 15) is 46.6 Å². The summed E-state index contributed by atoms with van der Waals surface area (Å²) in [6.07, 6.45) is 9.15. The van der Waals surface area contributed by atoms with Gasteiger partial charge in [0.15, 0.2) is 0 Å². The SMILES string of the molecule is C/C(=N\NC(=O)Nc1cc(F)cc(F)c1)c1ncccc1C(=O)O.COC(=O)CSc1cc(/N=c2\sc(=O)n3n2CCCC3)c(F)cc1Cl.C[S+](C)C.O=C(O)CNCP(=O)([O-])O. The van der Waals surface area contributed by atoms with Crippen LogP contribution in [-0.2, 0) is 42.9 Å². The number of esters is 1. The van der Waals surface area contributed by atoms with E-state index in [1.165, 1.54) is 38.4 Å². The van der Waals surface area contributed by atoms with Gasteiger partial charge in [-0.05, 0) is 78.4 Å². The van der Waals surface area contributed by atoms with Crippen molar-refractivity contribution in [2.45, 2.75) is 37.8 Å². The number of benzene rings is 2. The van der Waals surface area contributed by atoms with Gasteiger partial charge >= 0.3 is 28.8 Å². The highest BCUT2D eigenvalue weighted by molar-refractivity contribution is 8.00. The normalized spacial score (nSPS) is 13.1. The molecule has 19 nitrogen and oxygen atoms in total. The second-order valence-corrected chi connectivity index (χ2v) is 19.2. The van der Waals surface area contributed by atoms with E-state index >= 15 is 0 Å². The number of nitrogens with one attached hydrogen (secondary N) is 3. The molecule has 0 saturated carbocycles. The number of ether oxygens (including phenoxy) is 1. The lowest BCUT2D eigenvalue weighted by Crippen LogP contribution is -2.31. The number of fused-ring (bicyclic) bond motifs is 1. The number of hydrogen-bond donors (Lipinski definition) is 6. The van der Waals surface area contributed by atoms with Crippen molar-refractivity contribution in [3.05, 3.63) is 96.9 Å². The van der Waals surface area contributed by atoms with Gasteiger partial charge in [0, 0.05) is 35.9 Å². The number of carbonyl (C=O) groups excluding carboxylic acids is 2. The Labute approximate surface area is 373 Å². The minimum absolute atomic E-state index is 0.0605. The standard InChI is InChI=1S/C15H15ClFN3O3S2.C15H12F2N4O3.C3H8NO5P.C3H9S/c1-23-13(21)8-24-12-7-11(10(17)6-9(12)16)18-14-19-4-2-3-5-20(19)15(22)25-14;1-8(13-12(14(22)23)3-2-4-18-13)20-21-15(24)19-11-6-9(16)5-10(17)7-11;5-3(6)1-4-2-10(7,8)9;1-4(2)3/h6-7H,2-5,8H2,1H3;2-7H,1H3,(H,22,23)(H2,19,21,24);4H,1-2H2,(H,5,6)(H2,7,8,9);1-3H3/q;;;+1/p-1/b18-14-;20-8+;;. The molecule has 0 aliphatic carbocycles. The van der Waals surface area contributed by atoms with Gasteiger partial charge in [-0.25, -0.2) is 37.9 Å². The fourth-order valence-corrected chi connectivity index (χ4v) is 6.96. The van der Waals surface area contributed by atoms with Crippen molar-refractivity contribution < 1.29 is 61.7 Å². The summed E-state index contributed by atoms with van der Waals surface area (Å²) >= 11 is 8.17. The number of methoxy groups -OCH3 is 1. The zero-order chi connectivity index (χ0) is 47.4. The number of aromatic nitrogens is 3. The van der Waals surface area contributed by atoms with Crippen LogP contribution >= 0.6 is 42.3 Å². The Morgan fingerprint density at radius 1 is 1.06 bits per heavy atom. The second kappa shape index (κ2) is 26.6. The van der Waals surface area contributed by atoms with Gasteiger partial charge in [-0.3, -0.25) is 29.4 Å². The number of urea groups is 1. The van der Waals surface area contributed by atoms with Crippen LogP contribution in [0.2, 0.25) is 5.02 Å². The molecular formula is C36H43ClF3N8O11PS3. The summed E-state index contributed by atoms with van der Waals surface area (Å²) in [7, 11) is -2.41. The van der Waals surface area contributed by atoms with Crippen LogP contribution in [0, 0.1) is 17.5 Å². The number of carboxylic acids is 2. The maximum atomic E-state index is 14.3. The molecule has 0 saturated heterocycles. The number of pyridine rings is 1. The van der Waals surface area contributed by atoms with Crippen molar-refractivity contribution in [1.82, 2.24) is 25.1 Å². The van der Waals surface area contributed by atoms with Crippen LogP contribution < -0.4 is 30.6 Å². The maximum absolute atomic E-state index is 14.3. The number of hydrogen-bond acceptors (Lipinski definition) is 14. The first-order valence-corrected chi connectivity index (χ1v) is 24.1. The molecule has 1 aliphatic rings. The van der Waals surface area contributed by atoms with Crippen molar-refractivity contribution in [2.75, 3.05) is 49.8 Å². The number of carbonyl (C=O) groups is 4. The lowest BCUT2D eigenvalue weighted by Gasteiger charge is -2.15. The lowest BCUT2D eigenvalue weighted by molar-refractivity contribution is -0.193. The Morgan fingerprint density at radius 3 is 2.25 bits per heavy atom. The summed E-state index contributed by atoms with van der Waals surface area (Å²) < 4.78 is 58.3. The van der Waals surface area contributed by atoms with E-state index in [-0.39, 0.29) is 44.0 Å². The molecular weight excluding hydrogens is 940 g/mol. The molecule has 0 spiro atoms. The van der Waals surface area contributed by atoms with Gasteiger partial charge in [0.25, 0.3) is 0 Å². The first-order valence-electron chi connectivity index (χ1n) is 17.8. The summed E-state index contributed by atoms with van der Waals surface area (Å²) in [6.45, 7) is 2.30. The summed E-state index contributed by atoms with van der Waals surface area (Å²) in [5.41, 5.74) is 2.24. The Bertz CT molecular complexity index is 2430. The van der Waals surface area contributed by atoms with Crippen molar-refractivity contribution in [2.24, 2.45) is 10.1 Å². The molecule has 1 unspecified atom stereocenters. The molecule has 27 heteroatoms. The average Bonchev–Trinajstić information content (AvgIpc) is 3.50. The Balaban J connectivity index is 0.000000335. The van der Waals surface area contributed by atoms with E-state index in [1.54, 1.807) is 9.36 Å². The predicted molar refractivity (Wildman–Crippen MR) is 233 cm³/mol. The summed E-state index contributed by atoms with van der Waals surface area (Å²) in [5.74, 6) is -4.97. The molecule has 0 fully saturated rings. The minimum Gasteiger partial charge on any atom is -0.778 e. The Kier molecular flexibility index (Phi) is 22.8. The van der Waals surface area contributed by atoms with Gasteiger partial charge in [0.1, 0.15) is 36.4 Å². The van der Waals surface area contributed by atoms with Crippen LogP contribution in [0.4, 0.5) is 29.3 Å². The molecule has 4 aromatic rings. The van der Waals surface area contributed by atoms with Crippen molar-refractivity contribution in [1.29, 1.82) is 0 Å². The fraction of sp³-hybridized carbons (Fsp3) is 0.333. The van der Waals surface area contributed by atoms with Crippen molar-refractivity contribution in [3.63, 3.8) is 0 Å². The van der Waals surface area contributed by atoms with E-state index in [2.05, 4.69) is 49.3 Å². The monoisotopic (exact) mass is 982 g/mol. The van der Waals surface area contributed by atoms with E-state index in [4.69, 9.17) is 26.7 Å². The maximum Gasteiger partial charge on any atom is 0.339 e. The van der Waals surface area contributed by atoms with Gasteiger partial charge in [-0.15, -0.1) is 11.8 Å². The second-order valence-electron chi connectivity index (χ2n) is 12.8. The average molecular weight is 983 g/mol. The molecule has 0 bridgehead atoms. The predicted octanol–water partition coefficient (Wildman–Crippen LogP) is 4.06. The fourth-order valence-electron chi connectivity index (χ4n) is 4.57. The van der Waals surface area contributed by atoms with Crippen LogP contribution in [0.25, 0.3) is 0 Å². The molecule has 63 heavy (non-hydrogen) atoms. The number of carboxylic acid groups (broad SMARTS) is 2. The topological polar surface area (TPSA) is 279 Å². The summed E-state index contributed by atoms with van der Waals surface area (Å²) in [5, 5.41) is 25.2. The number of hydrazone groups is 1. The summed E-state index contributed by atoms with van der Waals surface area (Å²) in [4.78, 5) is 82.9. The van der Waals surface area contributed by atoms with Gasteiger partial charge in [0.2, 0.25) is 4.80 Å². The van der Waals surface area contributed by atoms with Crippen molar-refractivity contribution in [3.8, 4) is 0 Å². The third-order valence-electron chi connectivity index (χ3n) is 7.10. The van der Waals surface area contributed by atoms with Gasteiger partial charge in [-0.1, -0.05) is 11.6 Å². The largest absolute Gasteiger partial charge is 0.778 e. The molecule has 5 rings (SSSR count). The molecule has 2 amide bonds.